The van der Waals surface area contributed by atoms with Crippen molar-refractivity contribution in [1.29, 1.82) is 0 Å². The number of aromatic nitrogens is 2. The molecule has 14 heteroatoms. The Morgan fingerprint density at radius 1 is 1.49 bits per heavy atom. The summed E-state index contributed by atoms with van der Waals surface area (Å²) in [5.41, 5.74) is 7.13. The van der Waals surface area contributed by atoms with E-state index in [0.29, 0.717) is 17.1 Å². The van der Waals surface area contributed by atoms with Crippen molar-refractivity contribution in [3.63, 3.8) is 0 Å². The van der Waals surface area contributed by atoms with Gasteiger partial charge in [0.15, 0.2) is 17.5 Å². The van der Waals surface area contributed by atoms with Gasteiger partial charge in [0.25, 0.3) is 11.8 Å². The third kappa shape index (κ3) is 5.96. The van der Waals surface area contributed by atoms with Gasteiger partial charge in [-0.1, -0.05) is 17.1 Å². The van der Waals surface area contributed by atoms with Crippen LogP contribution in [0.3, 0.4) is 0 Å². The zero-order valence-corrected chi connectivity index (χ0v) is 21.5. The molecular formula is C23H20N6O5S3. The summed E-state index contributed by atoms with van der Waals surface area (Å²) in [7, 11) is 0. The first kappa shape index (κ1) is 26.3. The minimum absolute atomic E-state index is 0.0555. The molecule has 2 aliphatic heterocycles. The number of β-lactam (4-membered cyclic amide) rings is 1. The van der Waals surface area contributed by atoms with Gasteiger partial charge in [-0.2, -0.15) is 0 Å². The van der Waals surface area contributed by atoms with Crippen LogP contribution in [-0.4, -0.2) is 73.0 Å². The zero-order valence-electron chi connectivity index (χ0n) is 19.1. The highest BCUT2D eigenvalue weighted by Gasteiger charge is 2.54. The predicted octanol–water partition coefficient (Wildman–Crippen LogP) is 1.62. The summed E-state index contributed by atoms with van der Waals surface area (Å²) in [5.74, 6) is 0.581. The molecular weight excluding hydrogens is 536 g/mol. The molecule has 0 radical (unpaired) electrons. The SMILES string of the molecule is C#CCON=C(C(=O)NC1C(=O)N2C(C(=O)O)=C(CS/C=C\c3cccnc3)CS[C@@H]12)c1csc(N)n1. The average molecular weight is 557 g/mol. The topological polar surface area (TPSA) is 160 Å². The molecule has 1 fully saturated rings. The van der Waals surface area contributed by atoms with Crippen LogP contribution >= 0.6 is 34.9 Å². The highest BCUT2D eigenvalue weighted by atomic mass is 32.2. The van der Waals surface area contributed by atoms with Crippen LogP contribution in [0.1, 0.15) is 11.3 Å². The van der Waals surface area contributed by atoms with E-state index in [2.05, 4.69) is 26.4 Å². The maximum absolute atomic E-state index is 13.0. The molecule has 1 saturated heterocycles. The van der Waals surface area contributed by atoms with Gasteiger partial charge in [0.1, 0.15) is 22.8 Å². The molecule has 0 bridgehead atoms. The number of carbonyl (C=O) groups excluding carboxylic acids is 2. The number of rotatable bonds is 10. The van der Waals surface area contributed by atoms with E-state index >= 15 is 0 Å². The number of carboxylic acid groups (broad SMARTS) is 1. The Kier molecular flexibility index (Phi) is 8.49. The van der Waals surface area contributed by atoms with E-state index in [-0.39, 0.29) is 28.8 Å². The number of carbonyl (C=O) groups is 3. The Labute approximate surface area is 224 Å². The standard InChI is InChI=1S/C23H20N6O5S3/c1-2-7-34-28-16(15-12-37-23(24)26-15)19(30)27-17-20(31)29-18(22(32)33)14(11-36-21(17)29)10-35-8-5-13-4-3-6-25-9-13/h1,3-6,8-9,12,17,21H,7,10-11H2,(H2,24,26)(H,27,30)(H,32,33)/b8-5-,28-16?/t17?,21-/m0/s1. The lowest BCUT2D eigenvalue weighted by Gasteiger charge is -2.49. The fourth-order valence-electron chi connectivity index (χ4n) is 3.49. The quantitative estimate of drug-likeness (QED) is 0.129. The summed E-state index contributed by atoms with van der Waals surface area (Å²) < 4.78 is 0. The van der Waals surface area contributed by atoms with Gasteiger partial charge in [-0.05, 0) is 28.7 Å². The van der Waals surface area contributed by atoms with E-state index < -0.39 is 29.2 Å². The second kappa shape index (κ2) is 12.0. The van der Waals surface area contributed by atoms with Crippen molar-refractivity contribution in [3.8, 4) is 12.3 Å². The summed E-state index contributed by atoms with van der Waals surface area (Å²) in [6, 6.07) is 2.78. The zero-order chi connectivity index (χ0) is 26.4. The normalized spacial score (nSPS) is 19.3. The van der Waals surface area contributed by atoms with Crippen LogP contribution in [-0.2, 0) is 19.2 Å². The summed E-state index contributed by atoms with van der Waals surface area (Å²) in [6.07, 6.45) is 10.4. The molecule has 4 heterocycles. The molecule has 11 nitrogen and oxygen atoms in total. The first-order valence-corrected chi connectivity index (χ1v) is 13.6. The molecule has 2 atom stereocenters. The molecule has 4 rings (SSSR count). The molecule has 190 valence electrons. The monoisotopic (exact) mass is 556 g/mol. The number of nitrogen functional groups attached to an aromatic ring is 1. The molecule has 2 aliphatic rings. The number of fused-ring (bicyclic) bond motifs is 1. The number of hydrogen-bond acceptors (Lipinski definition) is 11. The Balaban J connectivity index is 1.45. The first-order valence-electron chi connectivity index (χ1n) is 10.6. The van der Waals surface area contributed by atoms with Crippen LogP contribution < -0.4 is 11.1 Å². The summed E-state index contributed by atoms with van der Waals surface area (Å²) in [6.45, 7) is -0.171. The Morgan fingerprint density at radius 3 is 3.00 bits per heavy atom. The number of aliphatic carboxylic acids is 1. The molecule has 2 amide bonds. The fraction of sp³-hybridized carbons (Fsp3) is 0.217. The Morgan fingerprint density at radius 2 is 2.32 bits per heavy atom. The molecule has 0 spiro atoms. The van der Waals surface area contributed by atoms with Crippen molar-refractivity contribution in [1.82, 2.24) is 20.2 Å². The number of nitrogens with two attached hydrogens (primary N) is 1. The van der Waals surface area contributed by atoms with Crippen LogP contribution in [0.15, 0.2) is 51.7 Å². The molecule has 2 aromatic rings. The number of oxime groups is 1. The fourth-order valence-corrected chi connectivity index (χ4v) is 6.30. The largest absolute Gasteiger partial charge is 0.477 e. The summed E-state index contributed by atoms with van der Waals surface area (Å²) in [4.78, 5) is 52.3. The maximum atomic E-state index is 13.0. The van der Waals surface area contributed by atoms with E-state index in [0.717, 1.165) is 16.9 Å². The number of hydrogen-bond donors (Lipinski definition) is 3. The minimum atomic E-state index is -1.20. The van der Waals surface area contributed by atoms with Gasteiger partial charge in [0, 0.05) is 29.3 Å². The summed E-state index contributed by atoms with van der Waals surface area (Å²) in [5, 5.41) is 19.3. The maximum Gasteiger partial charge on any atom is 0.352 e. The number of thiazole rings is 1. The first-order chi connectivity index (χ1) is 17.9. The lowest BCUT2D eigenvalue weighted by molar-refractivity contribution is -0.150. The number of nitrogens with one attached hydrogen (secondary N) is 1. The van der Waals surface area contributed by atoms with Gasteiger partial charge in [-0.15, -0.1) is 41.3 Å². The van der Waals surface area contributed by atoms with Crippen molar-refractivity contribution < 1.29 is 24.3 Å². The van der Waals surface area contributed by atoms with E-state index in [1.54, 1.807) is 12.4 Å². The van der Waals surface area contributed by atoms with Crippen LogP contribution in [0.25, 0.3) is 6.08 Å². The summed E-state index contributed by atoms with van der Waals surface area (Å²) >= 11 is 3.90. The molecule has 0 aromatic carbocycles. The van der Waals surface area contributed by atoms with Crippen molar-refractivity contribution >= 4 is 69.6 Å². The lowest BCUT2D eigenvalue weighted by Crippen LogP contribution is -2.71. The number of anilines is 1. The molecule has 1 unspecified atom stereocenters. The van der Waals surface area contributed by atoms with Gasteiger partial charge in [-0.3, -0.25) is 19.5 Å². The highest BCUT2D eigenvalue weighted by molar-refractivity contribution is 8.02. The van der Waals surface area contributed by atoms with Crippen molar-refractivity contribution in [2.45, 2.75) is 11.4 Å². The van der Waals surface area contributed by atoms with Crippen LogP contribution in [0.2, 0.25) is 0 Å². The molecule has 0 aliphatic carbocycles. The van der Waals surface area contributed by atoms with Crippen LogP contribution in [0.5, 0.6) is 0 Å². The Bertz CT molecular complexity index is 1330. The van der Waals surface area contributed by atoms with Crippen LogP contribution in [0.4, 0.5) is 5.13 Å². The number of pyridine rings is 1. The smallest absolute Gasteiger partial charge is 0.352 e. The van der Waals surface area contributed by atoms with Gasteiger partial charge in [-0.25, -0.2) is 9.78 Å². The van der Waals surface area contributed by atoms with Crippen molar-refractivity contribution in [3.05, 3.63) is 57.8 Å². The number of terminal acetylenes is 1. The van der Waals surface area contributed by atoms with Gasteiger partial charge >= 0.3 is 5.97 Å². The molecule has 2 aromatic heterocycles. The average Bonchev–Trinajstić information content (AvgIpc) is 3.33. The molecule has 37 heavy (non-hydrogen) atoms. The van der Waals surface area contributed by atoms with E-state index in [1.807, 2.05) is 23.6 Å². The minimum Gasteiger partial charge on any atom is -0.477 e. The van der Waals surface area contributed by atoms with E-state index in [9.17, 15) is 19.5 Å². The van der Waals surface area contributed by atoms with E-state index in [1.165, 1.54) is 33.8 Å². The second-order valence-corrected chi connectivity index (χ2v) is 10.4. The number of thioether (sulfide) groups is 2. The Hall–Kier alpha value is -3.80. The van der Waals surface area contributed by atoms with Gasteiger partial charge in [0.2, 0.25) is 0 Å². The number of nitrogens with zero attached hydrogens (tertiary/aromatic N) is 4. The van der Waals surface area contributed by atoms with Gasteiger partial charge in [0.05, 0.1) is 0 Å². The molecule has 4 N–H and O–H groups in total. The second-order valence-electron chi connectivity index (χ2n) is 7.51. The lowest BCUT2D eigenvalue weighted by atomic mass is 10.0. The number of carboxylic acids is 1. The third-order valence-electron chi connectivity index (χ3n) is 5.12. The molecule has 0 saturated carbocycles. The van der Waals surface area contributed by atoms with Crippen molar-refractivity contribution in [2.75, 3.05) is 23.8 Å². The predicted molar refractivity (Wildman–Crippen MR) is 143 cm³/mol. The van der Waals surface area contributed by atoms with Crippen molar-refractivity contribution in [2.24, 2.45) is 5.16 Å². The van der Waals surface area contributed by atoms with Gasteiger partial charge < -0.3 is 21.0 Å². The highest BCUT2D eigenvalue weighted by Crippen LogP contribution is 2.41. The van der Waals surface area contributed by atoms with Crippen LogP contribution in [0, 0.1) is 12.3 Å². The van der Waals surface area contributed by atoms with E-state index in [4.69, 9.17) is 17.0 Å². The third-order valence-corrected chi connectivity index (χ3v) is 7.98. The number of amides is 2.